The minimum absolute atomic E-state index is 0.670. The second-order valence-corrected chi connectivity index (χ2v) is 5.99. The highest BCUT2D eigenvalue weighted by molar-refractivity contribution is 5.56. The van der Waals surface area contributed by atoms with Gasteiger partial charge in [0.1, 0.15) is 0 Å². The first-order valence-electron chi connectivity index (χ1n) is 7.66. The first-order chi connectivity index (χ1) is 9.15. The molecule has 0 radical (unpaired) electrons. The third-order valence-electron chi connectivity index (χ3n) is 4.54. The lowest BCUT2D eigenvalue weighted by atomic mass is 9.80. The number of anilines is 1. The quantitative estimate of drug-likeness (QED) is 0.890. The fourth-order valence-corrected chi connectivity index (χ4v) is 3.32. The Balaban J connectivity index is 2.28. The van der Waals surface area contributed by atoms with Gasteiger partial charge in [-0.2, -0.15) is 0 Å². The lowest BCUT2D eigenvalue weighted by molar-refractivity contribution is 0.347. The van der Waals surface area contributed by atoms with Gasteiger partial charge in [0.25, 0.3) is 0 Å². The van der Waals surface area contributed by atoms with Gasteiger partial charge in [0.05, 0.1) is 0 Å². The van der Waals surface area contributed by atoms with Crippen LogP contribution in [0, 0.1) is 12.8 Å². The monoisotopic (exact) mass is 260 g/mol. The van der Waals surface area contributed by atoms with E-state index in [1.807, 2.05) is 0 Å². The topological polar surface area (TPSA) is 15.3 Å². The van der Waals surface area contributed by atoms with Crippen LogP contribution in [-0.2, 0) is 0 Å². The third kappa shape index (κ3) is 3.11. The van der Waals surface area contributed by atoms with Gasteiger partial charge in [-0.1, -0.05) is 26.0 Å². The highest BCUT2D eigenvalue weighted by Crippen LogP contribution is 2.34. The molecule has 2 unspecified atom stereocenters. The van der Waals surface area contributed by atoms with E-state index in [9.17, 15) is 0 Å². The number of rotatable bonds is 4. The Kier molecular flexibility index (Phi) is 4.87. The second-order valence-electron chi connectivity index (χ2n) is 5.99. The number of hydrogen-bond donors (Lipinski definition) is 1. The molecule has 1 aromatic carbocycles. The van der Waals surface area contributed by atoms with Gasteiger partial charge in [-0.3, -0.25) is 0 Å². The van der Waals surface area contributed by atoms with Crippen LogP contribution in [0.1, 0.15) is 43.7 Å². The number of nitrogens with one attached hydrogen (secondary N) is 1. The average Bonchev–Trinajstić information content (AvgIpc) is 2.40. The van der Waals surface area contributed by atoms with Gasteiger partial charge in [-0.25, -0.2) is 0 Å². The minimum atomic E-state index is 0.670. The first kappa shape index (κ1) is 14.4. The molecule has 1 saturated heterocycles. The lowest BCUT2D eigenvalue weighted by Crippen LogP contribution is -2.34. The van der Waals surface area contributed by atoms with E-state index in [-0.39, 0.29) is 0 Å². The fraction of sp³-hybridized carbons (Fsp3) is 0.647. The number of piperidine rings is 1. The van der Waals surface area contributed by atoms with E-state index < -0.39 is 0 Å². The van der Waals surface area contributed by atoms with E-state index in [4.69, 9.17) is 0 Å². The molecule has 0 aliphatic carbocycles. The van der Waals surface area contributed by atoms with Crippen molar-refractivity contribution in [2.24, 2.45) is 5.92 Å². The van der Waals surface area contributed by atoms with Crippen LogP contribution in [0.4, 0.5) is 5.69 Å². The van der Waals surface area contributed by atoms with E-state index in [1.165, 1.54) is 30.6 Å². The van der Waals surface area contributed by atoms with Crippen LogP contribution >= 0.6 is 0 Å². The number of hydrogen-bond acceptors (Lipinski definition) is 2. The Morgan fingerprint density at radius 1 is 1.37 bits per heavy atom. The molecule has 2 heteroatoms. The van der Waals surface area contributed by atoms with Crippen molar-refractivity contribution < 1.29 is 0 Å². The summed E-state index contributed by atoms with van der Waals surface area (Å²) in [5.74, 6) is 1.45. The van der Waals surface area contributed by atoms with Gasteiger partial charge >= 0.3 is 0 Å². The van der Waals surface area contributed by atoms with Crippen LogP contribution in [0.25, 0.3) is 0 Å². The molecule has 0 bridgehead atoms. The Morgan fingerprint density at radius 2 is 2.16 bits per heavy atom. The maximum absolute atomic E-state index is 3.55. The SMILES string of the molecule is CCCN(C)c1cccc(C2CNCCC2C)c1C. The normalized spacial score (nSPS) is 23.4. The van der Waals surface area contributed by atoms with Crippen LogP contribution in [0.3, 0.4) is 0 Å². The lowest BCUT2D eigenvalue weighted by Gasteiger charge is -2.32. The van der Waals surface area contributed by atoms with Crippen LogP contribution in [0.5, 0.6) is 0 Å². The van der Waals surface area contributed by atoms with Crippen LogP contribution < -0.4 is 10.2 Å². The molecule has 1 aliphatic rings. The van der Waals surface area contributed by atoms with E-state index in [0.717, 1.165) is 19.0 Å². The largest absolute Gasteiger partial charge is 0.374 e. The molecule has 0 amide bonds. The van der Waals surface area contributed by atoms with Gasteiger partial charge in [0.15, 0.2) is 0 Å². The van der Waals surface area contributed by atoms with E-state index >= 15 is 0 Å². The zero-order chi connectivity index (χ0) is 13.8. The predicted octanol–water partition coefficient (Wildman–Crippen LogP) is 3.55. The van der Waals surface area contributed by atoms with Gasteiger partial charge in [-0.05, 0) is 55.3 Å². The summed E-state index contributed by atoms with van der Waals surface area (Å²) in [6.07, 6.45) is 2.49. The summed E-state index contributed by atoms with van der Waals surface area (Å²) in [7, 11) is 2.21. The van der Waals surface area contributed by atoms with Crippen molar-refractivity contribution in [1.29, 1.82) is 0 Å². The first-order valence-corrected chi connectivity index (χ1v) is 7.66. The van der Waals surface area contributed by atoms with Crippen molar-refractivity contribution in [2.45, 2.75) is 39.5 Å². The molecule has 1 N–H and O–H groups in total. The highest BCUT2D eigenvalue weighted by atomic mass is 15.1. The molecule has 1 fully saturated rings. The van der Waals surface area contributed by atoms with Crippen molar-refractivity contribution in [1.82, 2.24) is 5.32 Å². The van der Waals surface area contributed by atoms with Crippen LogP contribution in [0.15, 0.2) is 18.2 Å². The molecule has 2 atom stereocenters. The maximum Gasteiger partial charge on any atom is 0.0396 e. The summed E-state index contributed by atoms with van der Waals surface area (Å²) in [4.78, 5) is 2.39. The molecule has 1 aromatic rings. The van der Waals surface area contributed by atoms with Crippen LogP contribution in [-0.4, -0.2) is 26.7 Å². The average molecular weight is 260 g/mol. The standard InChI is InChI=1S/C17H28N2/c1-5-11-19(4)17-8-6-7-15(14(17)3)16-12-18-10-9-13(16)2/h6-8,13,16,18H,5,9-12H2,1-4H3. The minimum Gasteiger partial charge on any atom is -0.374 e. The van der Waals surface area contributed by atoms with Crippen molar-refractivity contribution in [2.75, 3.05) is 31.6 Å². The van der Waals surface area contributed by atoms with E-state index in [0.29, 0.717) is 5.92 Å². The Hall–Kier alpha value is -1.02. The zero-order valence-electron chi connectivity index (χ0n) is 12.9. The third-order valence-corrected chi connectivity index (χ3v) is 4.54. The number of benzene rings is 1. The van der Waals surface area contributed by atoms with Crippen molar-refractivity contribution >= 4 is 5.69 Å². The summed E-state index contributed by atoms with van der Waals surface area (Å²) in [5, 5.41) is 3.55. The smallest absolute Gasteiger partial charge is 0.0396 e. The Morgan fingerprint density at radius 3 is 2.84 bits per heavy atom. The maximum atomic E-state index is 3.55. The summed E-state index contributed by atoms with van der Waals surface area (Å²) < 4.78 is 0. The molecule has 1 aliphatic heterocycles. The molecule has 106 valence electrons. The van der Waals surface area contributed by atoms with Crippen molar-refractivity contribution in [3.8, 4) is 0 Å². The molecule has 2 rings (SSSR count). The molecule has 2 nitrogen and oxygen atoms in total. The predicted molar refractivity (Wildman–Crippen MR) is 84.1 cm³/mol. The molecule has 0 aromatic heterocycles. The van der Waals surface area contributed by atoms with Gasteiger partial charge in [0, 0.05) is 25.8 Å². The highest BCUT2D eigenvalue weighted by Gasteiger charge is 2.24. The fourth-order valence-electron chi connectivity index (χ4n) is 3.32. The molecule has 1 heterocycles. The van der Waals surface area contributed by atoms with Gasteiger partial charge in [0.2, 0.25) is 0 Å². The Bertz CT molecular complexity index is 414. The molecule has 0 saturated carbocycles. The van der Waals surface area contributed by atoms with Gasteiger partial charge in [-0.15, -0.1) is 0 Å². The summed E-state index contributed by atoms with van der Waals surface area (Å²) >= 11 is 0. The molecule has 19 heavy (non-hydrogen) atoms. The Labute approximate surface area is 118 Å². The summed E-state index contributed by atoms with van der Waals surface area (Å²) in [6, 6.07) is 6.81. The molecular weight excluding hydrogens is 232 g/mol. The van der Waals surface area contributed by atoms with E-state index in [1.54, 1.807) is 5.56 Å². The second kappa shape index (κ2) is 6.42. The molecular formula is C17H28N2. The van der Waals surface area contributed by atoms with Crippen molar-refractivity contribution in [3.05, 3.63) is 29.3 Å². The zero-order valence-corrected chi connectivity index (χ0v) is 12.9. The molecule has 0 spiro atoms. The summed E-state index contributed by atoms with van der Waals surface area (Å²) in [6.45, 7) is 10.4. The summed E-state index contributed by atoms with van der Waals surface area (Å²) in [5.41, 5.74) is 4.41. The number of nitrogens with zero attached hydrogens (tertiary/aromatic N) is 1. The van der Waals surface area contributed by atoms with Gasteiger partial charge < -0.3 is 10.2 Å². The van der Waals surface area contributed by atoms with E-state index in [2.05, 4.69) is 56.2 Å². The van der Waals surface area contributed by atoms with Crippen LogP contribution in [0.2, 0.25) is 0 Å². The van der Waals surface area contributed by atoms with Crippen molar-refractivity contribution in [3.63, 3.8) is 0 Å².